The lowest BCUT2D eigenvalue weighted by molar-refractivity contribution is -0.150. The van der Waals surface area contributed by atoms with Gasteiger partial charge in [-0.15, -0.1) is 0 Å². The first-order valence-corrected chi connectivity index (χ1v) is 6.52. The largest absolute Gasteiger partial charge is 0.479 e. The predicted octanol–water partition coefficient (Wildman–Crippen LogP) is 1.89. The second kappa shape index (κ2) is 7.16. The van der Waals surface area contributed by atoms with Crippen LogP contribution in [0.1, 0.15) is 38.6 Å². The lowest BCUT2D eigenvalue weighted by Gasteiger charge is -2.13. The van der Waals surface area contributed by atoms with Crippen LogP contribution in [0, 0.1) is 0 Å². The van der Waals surface area contributed by atoms with Crippen molar-refractivity contribution in [2.75, 3.05) is 6.61 Å². The molecule has 102 valence electrons. The van der Waals surface area contributed by atoms with E-state index in [-0.39, 0.29) is 0 Å². The van der Waals surface area contributed by atoms with Crippen LogP contribution in [-0.4, -0.2) is 33.6 Å². The summed E-state index contributed by atoms with van der Waals surface area (Å²) in [5, 5.41) is 13.5. The van der Waals surface area contributed by atoms with Gasteiger partial charge < -0.3 is 9.84 Å². The highest BCUT2D eigenvalue weighted by atomic mass is 16.5. The average molecular weight is 254 g/mol. The summed E-state index contributed by atoms with van der Waals surface area (Å²) in [4.78, 5) is 11.0. The molecule has 0 spiro atoms. The Kier molecular flexibility index (Phi) is 5.85. The second-order valence-corrected chi connectivity index (χ2v) is 4.13. The molecule has 1 aromatic heterocycles. The number of ether oxygens (including phenoxy) is 1. The summed E-state index contributed by atoms with van der Waals surface area (Å²) in [6.07, 6.45) is 1.50. The molecule has 1 atom stereocenters. The monoisotopic (exact) mass is 254 g/mol. The van der Waals surface area contributed by atoms with E-state index in [1.54, 1.807) is 6.92 Å². The first-order valence-electron chi connectivity index (χ1n) is 6.52. The highest BCUT2D eigenvalue weighted by molar-refractivity contribution is 5.72. The van der Waals surface area contributed by atoms with E-state index in [9.17, 15) is 4.79 Å². The molecule has 1 rings (SSSR count). The summed E-state index contributed by atoms with van der Waals surface area (Å²) in [5.41, 5.74) is 2.20. The average Bonchev–Trinajstić information content (AvgIpc) is 2.76. The Morgan fingerprint density at radius 3 is 2.67 bits per heavy atom. The minimum atomic E-state index is -0.905. The van der Waals surface area contributed by atoms with Crippen molar-refractivity contribution in [1.82, 2.24) is 9.78 Å². The minimum absolute atomic E-state index is 0.414. The number of hydrogen-bond donors (Lipinski definition) is 1. The van der Waals surface area contributed by atoms with E-state index in [0.29, 0.717) is 19.6 Å². The van der Waals surface area contributed by atoms with Crippen molar-refractivity contribution in [1.29, 1.82) is 0 Å². The molecule has 1 unspecified atom stereocenters. The molecule has 5 heteroatoms. The molecule has 0 aliphatic rings. The molecule has 0 aliphatic carbocycles. The van der Waals surface area contributed by atoms with Gasteiger partial charge in [-0.3, -0.25) is 4.68 Å². The molecule has 1 aromatic rings. The number of aliphatic carboxylic acids is 1. The molecular formula is C13H22N2O3. The number of aromatic nitrogens is 2. The SMILES string of the molecule is CCOC(CCn1nc(CC)cc1CC)C(=O)O. The number of aryl methyl sites for hydroxylation is 3. The maximum atomic E-state index is 11.0. The van der Waals surface area contributed by atoms with E-state index in [4.69, 9.17) is 9.84 Å². The predicted molar refractivity (Wildman–Crippen MR) is 68.6 cm³/mol. The standard InChI is InChI=1S/C13H22N2O3/c1-4-10-9-11(5-2)15(14-10)8-7-12(13(16)17)18-6-3/h9,12H,4-8H2,1-3H3,(H,16,17). The third-order valence-corrected chi connectivity index (χ3v) is 2.88. The molecule has 0 saturated heterocycles. The molecule has 0 fully saturated rings. The Labute approximate surface area is 108 Å². The highest BCUT2D eigenvalue weighted by Crippen LogP contribution is 2.09. The molecule has 0 aliphatic heterocycles. The van der Waals surface area contributed by atoms with E-state index in [2.05, 4.69) is 25.0 Å². The van der Waals surface area contributed by atoms with Gasteiger partial charge in [-0.25, -0.2) is 4.79 Å². The number of carbonyl (C=O) groups is 1. The van der Waals surface area contributed by atoms with Gasteiger partial charge in [0, 0.05) is 25.3 Å². The number of nitrogens with zero attached hydrogens (tertiary/aromatic N) is 2. The Balaban J connectivity index is 2.66. The van der Waals surface area contributed by atoms with Crippen LogP contribution in [0.15, 0.2) is 6.07 Å². The smallest absolute Gasteiger partial charge is 0.332 e. The quantitative estimate of drug-likeness (QED) is 0.769. The third kappa shape index (κ3) is 3.84. The van der Waals surface area contributed by atoms with Gasteiger partial charge in [0.05, 0.1) is 5.69 Å². The maximum Gasteiger partial charge on any atom is 0.332 e. The zero-order valence-corrected chi connectivity index (χ0v) is 11.3. The molecule has 0 bridgehead atoms. The van der Waals surface area contributed by atoms with Gasteiger partial charge in [0.1, 0.15) is 0 Å². The number of carboxylic acid groups (broad SMARTS) is 1. The Morgan fingerprint density at radius 2 is 2.17 bits per heavy atom. The van der Waals surface area contributed by atoms with Crippen LogP contribution in [0.3, 0.4) is 0 Å². The Morgan fingerprint density at radius 1 is 1.44 bits per heavy atom. The third-order valence-electron chi connectivity index (χ3n) is 2.88. The number of carboxylic acids is 1. The van der Waals surface area contributed by atoms with E-state index >= 15 is 0 Å². The van der Waals surface area contributed by atoms with Crippen molar-refractivity contribution in [3.63, 3.8) is 0 Å². The summed E-state index contributed by atoms with van der Waals surface area (Å²) >= 11 is 0. The molecule has 0 aromatic carbocycles. The van der Waals surface area contributed by atoms with Crippen molar-refractivity contribution in [2.24, 2.45) is 0 Å². The molecule has 18 heavy (non-hydrogen) atoms. The van der Waals surface area contributed by atoms with Crippen LogP contribution in [-0.2, 0) is 28.9 Å². The van der Waals surface area contributed by atoms with Crippen LogP contribution in [0.4, 0.5) is 0 Å². The maximum absolute atomic E-state index is 11.0. The topological polar surface area (TPSA) is 64.4 Å². The zero-order chi connectivity index (χ0) is 13.5. The van der Waals surface area contributed by atoms with Crippen molar-refractivity contribution >= 4 is 5.97 Å². The minimum Gasteiger partial charge on any atom is -0.479 e. The van der Waals surface area contributed by atoms with Crippen LogP contribution < -0.4 is 0 Å². The van der Waals surface area contributed by atoms with Gasteiger partial charge >= 0.3 is 5.97 Å². The zero-order valence-electron chi connectivity index (χ0n) is 11.3. The first kappa shape index (κ1) is 14.7. The molecule has 0 amide bonds. The van der Waals surface area contributed by atoms with Crippen LogP contribution >= 0.6 is 0 Å². The number of hydrogen-bond acceptors (Lipinski definition) is 3. The highest BCUT2D eigenvalue weighted by Gasteiger charge is 2.18. The van der Waals surface area contributed by atoms with Gasteiger partial charge in [0.15, 0.2) is 6.10 Å². The Bertz CT molecular complexity index is 388. The normalized spacial score (nSPS) is 12.6. The van der Waals surface area contributed by atoms with Crippen molar-refractivity contribution in [3.8, 4) is 0 Å². The number of rotatable bonds is 8. The fourth-order valence-corrected chi connectivity index (χ4v) is 1.88. The Hall–Kier alpha value is -1.36. The van der Waals surface area contributed by atoms with Crippen molar-refractivity contribution < 1.29 is 14.6 Å². The molecule has 0 radical (unpaired) electrons. The van der Waals surface area contributed by atoms with Crippen LogP contribution in [0.5, 0.6) is 0 Å². The van der Waals surface area contributed by atoms with Gasteiger partial charge in [0.2, 0.25) is 0 Å². The summed E-state index contributed by atoms with van der Waals surface area (Å²) in [6, 6.07) is 2.08. The van der Waals surface area contributed by atoms with Gasteiger partial charge in [0.25, 0.3) is 0 Å². The van der Waals surface area contributed by atoms with Gasteiger partial charge in [-0.05, 0) is 25.8 Å². The molecule has 1 N–H and O–H groups in total. The van der Waals surface area contributed by atoms with Crippen molar-refractivity contribution in [2.45, 2.75) is 52.7 Å². The summed E-state index contributed by atoms with van der Waals surface area (Å²) in [6.45, 7) is 6.93. The van der Waals surface area contributed by atoms with Crippen LogP contribution in [0.2, 0.25) is 0 Å². The summed E-state index contributed by atoms with van der Waals surface area (Å²) < 4.78 is 7.09. The van der Waals surface area contributed by atoms with E-state index in [0.717, 1.165) is 24.2 Å². The lowest BCUT2D eigenvalue weighted by atomic mass is 10.2. The summed E-state index contributed by atoms with van der Waals surface area (Å²) in [5.74, 6) is -0.905. The first-order chi connectivity index (χ1) is 8.62. The molecule has 5 nitrogen and oxygen atoms in total. The summed E-state index contributed by atoms with van der Waals surface area (Å²) in [7, 11) is 0. The van der Waals surface area contributed by atoms with E-state index in [1.807, 2.05) is 4.68 Å². The van der Waals surface area contributed by atoms with Crippen molar-refractivity contribution in [3.05, 3.63) is 17.5 Å². The van der Waals surface area contributed by atoms with Gasteiger partial charge in [-0.1, -0.05) is 13.8 Å². The molecular weight excluding hydrogens is 232 g/mol. The fourth-order valence-electron chi connectivity index (χ4n) is 1.88. The van der Waals surface area contributed by atoms with Crippen LogP contribution in [0.25, 0.3) is 0 Å². The second-order valence-electron chi connectivity index (χ2n) is 4.13. The molecule has 0 saturated carbocycles. The fraction of sp³-hybridized carbons (Fsp3) is 0.692. The molecule has 1 heterocycles. The van der Waals surface area contributed by atoms with Gasteiger partial charge in [-0.2, -0.15) is 5.10 Å². The van der Waals surface area contributed by atoms with E-state index in [1.165, 1.54) is 0 Å². The van der Waals surface area contributed by atoms with E-state index < -0.39 is 12.1 Å². The lowest BCUT2D eigenvalue weighted by Crippen LogP contribution is -2.26.